The third kappa shape index (κ3) is 2.50. The largest absolute Gasteiger partial charge is 0.507 e. The van der Waals surface area contributed by atoms with Gasteiger partial charge in [0.2, 0.25) is 0 Å². The molecule has 2 rings (SSSR count). The van der Waals surface area contributed by atoms with Gasteiger partial charge in [-0.25, -0.2) is 0 Å². The molecule has 1 aromatic rings. The van der Waals surface area contributed by atoms with Gasteiger partial charge in [-0.1, -0.05) is 37.5 Å². The maximum absolute atomic E-state index is 11.0. The minimum Gasteiger partial charge on any atom is -0.507 e. The zero-order chi connectivity index (χ0) is 13.1. The molecule has 3 nitrogen and oxygen atoms in total. The predicted molar refractivity (Wildman–Crippen MR) is 70.0 cm³/mol. The molecule has 98 valence electrons. The van der Waals surface area contributed by atoms with E-state index in [1.807, 2.05) is 12.1 Å². The maximum Gasteiger partial charge on any atom is 0.310 e. The van der Waals surface area contributed by atoms with Gasteiger partial charge in [-0.15, -0.1) is 0 Å². The number of phenolic OH excluding ortho intramolecular Hbond substituents is 1. The first-order valence-corrected chi connectivity index (χ1v) is 6.66. The molecule has 2 N–H and O–H groups in total. The van der Waals surface area contributed by atoms with Gasteiger partial charge < -0.3 is 10.2 Å². The Hall–Kier alpha value is -1.51. The first-order valence-electron chi connectivity index (χ1n) is 6.66. The van der Waals surface area contributed by atoms with E-state index in [0.29, 0.717) is 11.5 Å². The lowest BCUT2D eigenvalue weighted by Gasteiger charge is -2.24. The van der Waals surface area contributed by atoms with Crippen molar-refractivity contribution in [3.8, 4) is 5.75 Å². The number of hydrogen-bond acceptors (Lipinski definition) is 2. The van der Waals surface area contributed by atoms with Crippen LogP contribution in [0.1, 0.15) is 62.0 Å². The van der Waals surface area contributed by atoms with Gasteiger partial charge in [0, 0.05) is 5.56 Å². The van der Waals surface area contributed by atoms with Crippen LogP contribution in [-0.2, 0) is 4.79 Å². The van der Waals surface area contributed by atoms with E-state index in [1.54, 1.807) is 13.0 Å². The lowest BCUT2D eigenvalue weighted by Crippen LogP contribution is -2.10. The summed E-state index contributed by atoms with van der Waals surface area (Å²) in [5.41, 5.74) is 1.46. The highest BCUT2D eigenvalue weighted by Gasteiger charge is 2.23. The van der Waals surface area contributed by atoms with Crippen molar-refractivity contribution in [3.05, 3.63) is 29.3 Å². The van der Waals surface area contributed by atoms with Gasteiger partial charge in [0.05, 0.1) is 5.92 Å². The molecule has 1 fully saturated rings. The van der Waals surface area contributed by atoms with Crippen molar-refractivity contribution >= 4 is 5.97 Å². The molecule has 0 amide bonds. The molecule has 0 aromatic heterocycles. The average Bonchev–Trinajstić information content (AvgIpc) is 2.39. The molecule has 1 aliphatic rings. The molecule has 1 unspecified atom stereocenters. The molecule has 0 saturated heterocycles. The van der Waals surface area contributed by atoms with Crippen molar-refractivity contribution in [3.63, 3.8) is 0 Å². The summed E-state index contributed by atoms with van der Waals surface area (Å²) in [7, 11) is 0. The summed E-state index contributed by atoms with van der Waals surface area (Å²) >= 11 is 0. The Balaban J connectivity index is 2.31. The van der Waals surface area contributed by atoms with E-state index in [2.05, 4.69) is 0 Å². The summed E-state index contributed by atoms with van der Waals surface area (Å²) in [5, 5.41) is 19.3. The highest BCUT2D eigenvalue weighted by Crippen LogP contribution is 2.40. The lowest BCUT2D eigenvalue weighted by molar-refractivity contribution is -0.138. The van der Waals surface area contributed by atoms with E-state index in [0.717, 1.165) is 18.4 Å². The van der Waals surface area contributed by atoms with Gasteiger partial charge in [0.25, 0.3) is 0 Å². The molecule has 0 aliphatic heterocycles. The first kappa shape index (κ1) is 12.9. The van der Waals surface area contributed by atoms with Gasteiger partial charge >= 0.3 is 5.97 Å². The Morgan fingerprint density at radius 3 is 2.56 bits per heavy atom. The summed E-state index contributed by atoms with van der Waals surface area (Å²) in [6.45, 7) is 1.61. The van der Waals surface area contributed by atoms with Gasteiger partial charge in [0.15, 0.2) is 0 Å². The summed E-state index contributed by atoms with van der Waals surface area (Å²) in [6, 6.07) is 5.50. The number of carboxylic acid groups (broad SMARTS) is 1. The van der Waals surface area contributed by atoms with Crippen LogP contribution in [-0.4, -0.2) is 16.2 Å². The number of carboxylic acids is 1. The van der Waals surface area contributed by atoms with Crippen LogP contribution in [0.5, 0.6) is 5.75 Å². The number of hydrogen-bond donors (Lipinski definition) is 2. The predicted octanol–water partition coefficient (Wildman–Crippen LogP) is 3.63. The minimum atomic E-state index is -0.897. The highest BCUT2D eigenvalue weighted by molar-refractivity contribution is 5.77. The van der Waals surface area contributed by atoms with Gasteiger partial charge in [-0.3, -0.25) is 4.79 Å². The minimum absolute atomic E-state index is 0.194. The number of rotatable bonds is 3. The molecule has 1 aromatic carbocycles. The summed E-state index contributed by atoms with van der Waals surface area (Å²) < 4.78 is 0. The molecular formula is C15H20O3. The summed E-state index contributed by atoms with van der Waals surface area (Å²) in [6.07, 6.45) is 5.85. The van der Waals surface area contributed by atoms with E-state index < -0.39 is 11.9 Å². The van der Waals surface area contributed by atoms with Crippen molar-refractivity contribution < 1.29 is 15.0 Å². The summed E-state index contributed by atoms with van der Waals surface area (Å²) in [5.74, 6) is -0.973. The van der Waals surface area contributed by atoms with Gasteiger partial charge in [-0.2, -0.15) is 0 Å². The van der Waals surface area contributed by atoms with Crippen molar-refractivity contribution in [1.82, 2.24) is 0 Å². The third-order valence-corrected chi connectivity index (χ3v) is 3.98. The number of aromatic hydroxyl groups is 1. The number of para-hydroxylation sites is 1. The molecule has 0 radical (unpaired) electrons. The van der Waals surface area contributed by atoms with E-state index in [-0.39, 0.29) is 5.75 Å². The third-order valence-electron chi connectivity index (χ3n) is 3.98. The van der Waals surface area contributed by atoms with E-state index in [9.17, 15) is 9.90 Å². The van der Waals surface area contributed by atoms with Gasteiger partial charge in [0.1, 0.15) is 5.75 Å². The van der Waals surface area contributed by atoms with Crippen molar-refractivity contribution in [2.45, 2.75) is 50.9 Å². The lowest BCUT2D eigenvalue weighted by atomic mass is 9.82. The van der Waals surface area contributed by atoms with E-state index >= 15 is 0 Å². The van der Waals surface area contributed by atoms with Crippen LogP contribution in [0, 0.1) is 0 Å². The van der Waals surface area contributed by atoms with E-state index in [1.165, 1.54) is 19.3 Å². The molecule has 0 heterocycles. The second kappa shape index (κ2) is 5.42. The fourth-order valence-corrected chi connectivity index (χ4v) is 2.81. The summed E-state index contributed by atoms with van der Waals surface area (Å²) in [4.78, 5) is 11.0. The second-order valence-corrected chi connectivity index (χ2v) is 5.18. The quantitative estimate of drug-likeness (QED) is 0.858. The van der Waals surface area contributed by atoms with Crippen LogP contribution in [0.3, 0.4) is 0 Å². The van der Waals surface area contributed by atoms with Crippen LogP contribution in [0.2, 0.25) is 0 Å². The van der Waals surface area contributed by atoms with Crippen molar-refractivity contribution in [1.29, 1.82) is 0 Å². The molecule has 0 bridgehead atoms. The molecule has 1 aliphatic carbocycles. The Kier molecular flexibility index (Phi) is 3.90. The molecule has 3 heteroatoms. The maximum atomic E-state index is 11.0. The molecule has 18 heavy (non-hydrogen) atoms. The first-order chi connectivity index (χ1) is 8.61. The highest BCUT2D eigenvalue weighted by atomic mass is 16.4. The Bertz CT molecular complexity index is 433. The Morgan fingerprint density at radius 1 is 1.28 bits per heavy atom. The number of benzene rings is 1. The fraction of sp³-hybridized carbons (Fsp3) is 0.533. The van der Waals surface area contributed by atoms with Crippen LogP contribution in [0.25, 0.3) is 0 Å². The number of aliphatic carboxylic acids is 1. The van der Waals surface area contributed by atoms with Crippen LogP contribution >= 0.6 is 0 Å². The molecule has 1 atom stereocenters. The number of carbonyl (C=O) groups is 1. The van der Waals surface area contributed by atoms with Crippen LogP contribution < -0.4 is 0 Å². The average molecular weight is 248 g/mol. The van der Waals surface area contributed by atoms with Crippen molar-refractivity contribution in [2.75, 3.05) is 0 Å². The second-order valence-electron chi connectivity index (χ2n) is 5.18. The van der Waals surface area contributed by atoms with E-state index in [4.69, 9.17) is 5.11 Å². The van der Waals surface area contributed by atoms with Crippen molar-refractivity contribution in [2.24, 2.45) is 0 Å². The molecule has 0 spiro atoms. The van der Waals surface area contributed by atoms with Crippen LogP contribution in [0.4, 0.5) is 0 Å². The topological polar surface area (TPSA) is 57.5 Å². The standard InChI is InChI=1S/C15H20O3/c1-10(15(17)18)12-8-5-9-13(14(12)16)11-6-3-2-4-7-11/h5,8-11,16H,2-4,6-7H2,1H3,(H,17,18). The van der Waals surface area contributed by atoms with Gasteiger partial charge in [-0.05, 0) is 31.2 Å². The smallest absolute Gasteiger partial charge is 0.310 e. The zero-order valence-electron chi connectivity index (χ0n) is 10.7. The SMILES string of the molecule is CC(C(=O)O)c1cccc(C2CCCCC2)c1O. The molecule has 1 saturated carbocycles. The normalized spacial score (nSPS) is 18.5. The Labute approximate surface area is 107 Å². The monoisotopic (exact) mass is 248 g/mol. The Morgan fingerprint density at radius 2 is 1.94 bits per heavy atom. The number of phenols is 1. The zero-order valence-corrected chi connectivity index (χ0v) is 10.7. The molecular weight excluding hydrogens is 228 g/mol. The van der Waals surface area contributed by atoms with Crippen LogP contribution in [0.15, 0.2) is 18.2 Å². The fourth-order valence-electron chi connectivity index (χ4n) is 2.81.